The van der Waals surface area contributed by atoms with Crippen LogP contribution in [-0.4, -0.2) is 4.68 Å². The van der Waals surface area contributed by atoms with E-state index in [2.05, 4.69) is 22.6 Å². The molecule has 1 radical (unpaired) electrons. The van der Waals surface area contributed by atoms with Crippen molar-refractivity contribution in [1.29, 1.82) is 0 Å². The molecule has 0 heterocycles. The quantitative estimate of drug-likeness (QED) is 0.473. The van der Waals surface area contributed by atoms with Crippen LogP contribution in [0.25, 0.3) is 0 Å². The molecule has 0 spiro atoms. The minimum Gasteiger partial charge on any atom is 0 e. The first-order valence-corrected chi connectivity index (χ1v) is 1.68. The standard InChI is InChI=1S/C3H3O.Cu.Mn.Zn/c1-2-3-4;;;/h2H,1H2;;;. The van der Waals surface area contributed by atoms with Crippen molar-refractivity contribution < 1.29 is 57.4 Å². The van der Waals surface area contributed by atoms with E-state index in [1.807, 2.05) is 0 Å². The van der Waals surface area contributed by atoms with E-state index in [4.69, 9.17) is 0 Å². The van der Waals surface area contributed by atoms with Crippen LogP contribution in [0.4, 0.5) is 0 Å². The Morgan fingerprint density at radius 3 is 1.86 bits per heavy atom. The molecule has 0 rings (SSSR count). The van der Waals surface area contributed by atoms with Crippen LogP contribution in [0, 0.1) is 0 Å². The van der Waals surface area contributed by atoms with Gasteiger partial charge in [-0.15, -0.1) is 0 Å². The minimum atomic E-state index is -0.169. The van der Waals surface area contributed by atoms with Crippen molar-refractivity contribution in [3.63, 3.8) is 0 Å². The third kappa shape index (κ3) is 19.3. The van der Waals surface area contributed by atoms with Crippen LogP contribution in [0.1, 0.15) is 0 Å². The molecule has 0 saturated heterocycles. The molecular weight excluding hydrogens is 236 g/mol. The summed E-state index contributed by atoms with van der Waals surface area (Å²) in [5.74, 6) is 0. The first kappa shape index (κ1) is 15.7. The third-order valence-corrected chi connectivity index (χ3v) is 0.401. The van der Waals surface area contributed by atoms with Gasteiger partial charge in [0, 0.05) is 36.5 Å². The summed E-state index contributed by atoms with van der Waals surface area (Å²) in [5.41, 5.74) is 0. The van der Waals surface area contributed by atoms with Crippen molar-refractivity contribution in [3.8, 4) is 0 Å². The Morgan fingerprint density at radius 2 is 1.86 bits per heavy atom. The van der Waals surface area contributed by atoms with Crippen LogP contribution in [0.5, 0.6) is 0 Å². The van der Waals surface area contributed by atoms with Gasteiger partial charge in [0.1, 0.15) is 0 Å². The van der Waals surface area contributed by atoms with E-state index in [1.54, 1.807) is 0 Å². The summed E-state index contributed by atoms with van der Waals surface area (Å²) in [5, 5.41) is 0. The molecule has 0 amide bonds. The Bertz CT molecular complexity index is 66.0. The molecule has 0 aromatic carbocycles. The van der Waals surface area contributed by atoms with E-state index in [0.29, 0.717) is 0 Å². The summed E-state index contributed by atoms with van der Waals surface area (Å²) in [7, 11) is 0. The second kappa shape index (κ2) is 10.1. The SMILES string of the molecule is C=C[C](=O)[Mn].[Cu].[Zn]. The van der Waals surface area contributed by atoms with E-state index >= 15 is 0 Å². The summed E-state index contributed by atoms with van der Waals surface area (Å²) < 4.78 is -0.169. The van der Waals surface area contributed by atoms with Crippen molar-refractivity contribution in [3.05, 3.63) is 12.7 Å². The maximum absolute atomic E-state index is 9.61. The number of allylic oxidation sites excluding steroid dienone is 1. The second-order valence-electron chi connectivity index (χ2n) is 0.508. The number of hydrogen-bond acceptors (Lipinski definition) is 1. The van der Waals surface area contributed by atoms with Gasteiger partial charge in [0.2, 0.25) is 0 Å². The Kier molecular flexibility index (Phi) is 22.7. The summed E-state index contributed by atoms with van der Waals surface area (Å²) in [6.07, 6.45) is 1.19. The maximum Gasteiger partial charge on any atom is 0 e. The molecule has 41 valence electrons. The van der Waals surface area contributed by atoms with Crippen LogP contribution in [0.15, 0.2) is 12.7 Å². The first-order valence-electron chi connectivity index (χ1n) is 1.09. The summed E-state index contributed by atoms with van der Waals surface area (Å²) >= 11 is 2.62. The molecule has 0 aromatic rings. The molecule has 0 bridgehead atoms. The fourth-order valence-electron chi connectivity index (χ4n) is 0. The maximum atomic E-state index is 9.61. The van der Waals surface area contributed by atoms with Crippen LogP contribution in [0.2, 0.25) is 0 Å². The monoisotopic (exact) mass is 237 g/mol. The molecule has 0 aliphatic rings. The van der Waals surface area contributed by atoms with Crippen molar-refractivity contribution in [2.24, 2.45) is 0 Å². The molecule has 0 atom stereocenters. The van der Waals surface area contributed by atoms with Gasteiger partial charge >= 0.3 is 38.1 Å². The van der Waals surface area contributed by atoms with Gasteiger partial charge in [-0.05, 0) is 0 Å². The zero-order valence-electron chi connectivity index (χ0n) is 3.58. The fourth-order valence-corrected chi connectivity index (χ4v) is 0. The Hall–Kier alpha value is 1.07. The van der Waals surface area contributed by atoms with E-state index in [9.17, 15) is 4.79 Å². The average Bonchev–Trinajstić information content (AvgIpc) is 1.38. The smallest absolute Gasteiger partial charge is 0 e. The molecule has 0 unspecified atom stereocenters. The van der Waals surface area contributed by atoms with Crippen LogP contribution in [0.3, 0.4) is 0 Å². The van der Waals surface area contributed by atoms with Gasteiger partial charge in [-0.3, -0.25) is 0 Å². The zero-order chi connectivity index (χ0) is 4.28. The second-order valence-corrected chi connectivity index (χ2v) is 1.09. The predicted octanol–water partition coefficient (Wildman–Crippen LogP) is 0.241. The predicted molar refractivity (Wildman–Crippen MR) is 15.2 cm³/mol. The molecule has 1 nitrogen and oxygen atoms in total. The van der Waals surface area contributed by atoms with Crippen molar-refractivity contribution in [2.75, 3.05) is 0 Å². The van der Waals surface area contributed by atoms with E-state index < -0.39 is 0 Å². The Morgan fingerprint density at radius 1 is 1.71 bits per heavy atom. The Balaban J connectivity index is -0.0000000800. The molecule has 4 heteroatoms. The molecule has 0 aliphatic carbocycles. The number of rotatable bonds is 1. The largest absolute Gasteiger partial charge is 0 e. The third-order valence-electron chi connectivity index (χ3n) is 0.160. The van der Waals surface area contributed by atoms with E-state index in [-0.39, 0.29) is 41.2 Å². The Labute approximate surface area is 74.4 Å². The van der Waals surface area contributed by atoms with Crippen molar-refractivity contribution >= 4 is 4.68 Å². The first-order chi connectivity index (χ1) is 2.27. The average molecular weight is 239 g/mol. The summed E-state index contributed by atoms with van der Waals surface area (Å²) in [4.78, 5) is 9.61. The number of carbonyl (C=O) groups excluding carboxylic acids is 1. The van der Waals surface area contributed by atoms with E-state index in [0.717, 1.165) is 0 Å². The van der Waals surface area contributed by atoms with Crippen LogP contribution >= 0.6 is 0 Å². The zero-order valence-corrected chi connectivity index (χ0v) is 8.67. The van der Waals surface area contributed by atoms with Crippen LogP contribution in [-0.2, 0) is 57.4 Å². The molecule has 0 aliphatic heterocycles. The molecule has 0 saturated carbocycles. The molecular formula is C3H3CuMnOZn. The van der Waals surface area contributed by atoms with Gasteiger partial charge in [0.15, 0.2) is 0 Å². The van der Waals surface area contributed by atoms with Gasteiger partial charge in [0.25, 0.3) is 0 Å². The minimum absolute atomic E-state index is 0. The molecule has 0 aromatic heterocycles. The molecule has 7 heavy (non-hydrogen) atoms. The normalized spacial score (nSPS) is 4.71. The van der Waals surface area contributed by atoms with Gasteiger partial charge in [-0.2, -0.15) is 0 Å². The topological polar surface area (TPSA) is 17.1 Å². The van der Waals surface area contributed by atoms with Gasteiger partial charge in [0.05, 0.1) is 0 Å². The molecule has 0 N–H and O–H groups in total. The molecule has 0 fully saturated rings. The van der Waals surface area contributed by atoms with Crippen LogP contribution < -0.4 is 0 Å². The van der Waals surface area contributed by atoms with Gasteiger partial charge < -0.3 is 0 Å². The summed E-state index contributed by atoms with van der Waals surface area (Å²) in [6, 6.07) is 0. The number of carbonyl (C=O) groups is 1. The van der Waals surface area contributed by atoms with Gasteiger partial charge in [-0.25, -0.2) is 0 Å². The van der Waals surface area contributed by atoms with Crippen molar-refractivity contribution in [1.82, 2.24) is 0 Å². The number of hydrogen-bond donors (Lipinski definition) is 0. The fraction of sp³-hybridized carbons (Fsp3) is 0. The van der Waals surface area contributed by atoms with Gasteiger partial charge in [-0.1, -0.05) is 0 Å². The van der Waals surface area contributed by atoms with Crippen molar-refractivity contribution in [2.45, 2.75) is 0 Å². The summed E-state index contributed by atoms with van der Waals surface area (Å²) in [6.45, 7) is 3.16. The van der Waals surface area contributed by atoms with E-state index in [1.165, 1.54) is 6.08 Å².